The molecule has 1 fully saturated rings. The van der Waals surface area contributed by atoms with E-state index in [1.165, 1.54) is 0 Å². The lowest BCUT2D eigenvalue weighted by Gasteiger charge is -2.38. The summed E-state index contributed by atoms with van der Waals surface area (Å²) in [6.07, 6.45) is 2.33. The Morgan fingerprint density at radius 3 is 2.65 bits per heavy atom. The van der Waals surface area contributed by atoms with Crippen LogP contribution in [0.2, 0.25) is 0 Å². The van der Waals surface area contributed by atoms with Gasteiger partial charge in [0.1, 0.15) is 11.4 Å². The number of nitrogens with one attached hydrogen (secondary N) is 1. The number of nitrogens with two attached hydrogens (primary N) is 1. The predicted octanol–water partition coefficient (Wildman–Crippen LogP) is 2.32. The van der Waals surface area contributed by atoms with Crippen LogP contribution in [0.4, 0.5) is 0 Å². The summed E-state index contributed by atoms with van der Waals surface area (Å²) in [5, 5.41) is 3.09. The van der Waals surface area contributed by atoms with Gasteiger partial charge in [0.05, 0.1) is 11.6 Å². The van der Waals surface area contributed by atoms with Crippen molar-refractivity contribution < 1.29 is 9.53 Å². The van der Waals surface area contributed by atoms with Crippen LogP contribution in [0.25, 0.3) is 0 Å². The lowest BCUT2D eigenvalue weighted by atomic mass is 9.89. The number of hydrogen-bond acceptors (Lipinski definition) is 3. The highest BCUT2D eigenvalue weighted by Gasteiger charge is 2.47. The highest BCUT2D eigenvalue weighted by Crippen LogP contribution is 2.40. The minimum Gasteiger partial charge on any atom is -0.487 e. The summed E-state index contributed by atoms with van der Waals surface area (Å²) in [4.78, 5) is 12.1. The lowest BCUT2D eigenvalue weighted by molar-refractivity contribution is -0.124. The van der Waals surface area contributed by atoms with Gasteiger partial charge in [-0.25, -0.2) is 0 Å². The number of benzene rings is 1. The van der Waals surface area contributed by atoms with Gasteiger partial charge < -0.3 is 15.8 Å². The number of carbonyl (C=O) groups excluding carboxylic acids is 1. The molecular formula is C15H21ClN2O2. The van der Waals surface area contributed by atoms with Gasteiger partial charge in [-0.2, -0.15) is 0 Å². The van der Waals surface area contributed by atoms with Crippen molar-refractivity contribution in [2.75, 3.05) is 0 Å². The van der Waals surface area contributed by atoms with Crippen LogP contribution in [0.5, 0.6) is 5.75 Å². The third kappa shape index (κ3) is 2.76. The molecule has 1 saturated carbocycles. The molecule has 1 atom stereocenters. The zero-order valence-corrected chi connectivity index (χ0v) is 12.6. The summed E-state index contributed by atoms with van der Waals surface area (Å²) < 4.78 is 5.95. The van der Waals surface area contributed by atoms with Crippen molar-refractivity contribution in [2.45, 2.75) is 50.3 Å². The van der Waals surface area contributed by atoms with E-state index in [4.69, 9.17) is 10.5 Å². The highest BCUT2D eigenvalue weighted by atomic mass is 35.5. The fourth-order valence-corrected chi connectivity index (χ4v) is 2.59. The molecule has 3 rings (SSSR count). The molecule has 3 N–H and O–H groups in total. The number of halogens is 1. The largest absolute Gasteiger partial charge is 0.487 e. The monoisotopic (exact) mass is 296 g/mol. The molecule has 0 bridgehead atoms. The average molecular weight is 297 g/mol. The van der Waals surface area contributed by atoms with Crippen LogP contribution >= 0.6 is 12.4 Å². The number of carbonyl (C=O) groups is 1. The van der Waals surface area contributed by atoms with E-state index in [1.807, 2.05) is 38.1 Å². The Morgan fingerprint density at radius 1 is 1.35 bits per heavy atom. The molecule has 110 valence electrons. The zero-order valence-electron chi connectivity index (χ0n) is 11.8. The normalized spacial score (nSPS) is 24.6. The smallest absolute Gasteiger partial charge is 0.240 e. The second-order valence-electron chi connectivity index (χ2n) is 6.29. The minimum absolute atomic E-state index is 0. The molecule has 0 aromatic heterocycles. The maximum atomic E-state index is 12.1. The Hall–Kier alpha value is -1.26. The van der Waals surface area contributed by atoms with E-state index in [9.17, 15) is 4.79 Å². The van der Waals surface area contributed by atoms with Gasteiger partial charge in [0.2, 0.25) is 5.91 Å². The number of para-hydroxylation sites is 1. The number of hydrogen-bond donors (Lipinski definition) is 2. The van der Waals surface area contributed by atoms with Crippen LogP contribution in [0, 0.1) is 0 Å². The first kappa shape index (κ1) is 15.1. The number of fused-ring (bicyclic) bond motifs is 1. The van der Waals surface area contributed by atoms with Crippen molar-refractivity contribution in [1.29, 1.82) is 0 Å². The van der Waals surface area contributed by atoms with Gasteiger partial charge in [0, 0.05) is 12.0 Å². The van der Waals surface area contributed by atoms with E-state index in [-0.39, 0.29) is 30.0 Å². The number of ether oxygens (including phenoxy) is 1. The van der Waals surface area contributed by atoms with Crippen molar-refractivity contribution in [3.05, 3.63) is 29.8 Å². The Morgan fingerprint density at radius 2 is 2.00 bits per heavy atom. The lowest BCUT2D eigenvalue weighted by Crippen LogP contribution is -2.47. The van der Waals surface area contributed by atoms with Gasteiger partial charge >= 0.3 is 0 Å². The predicted molar refractivity (Wildman–Crippen MR) is 80.1 cm³/mol. The van der Waals surface area contributed by atoms with Crippen LogP contribution in [-0.2, 0) is 4.79 Å². The molecule has 20 heavy (non-hydrogen) atoms. The first-order valence-corrected chi connectivity index (χ1v) is 6.77. The Kier molecular flexibility index (Phi) is 3.73. The second-order valence-corrected chi connectivity index (χ2v) is 6.29. The van der Waals surface area contributed by atoms with Crippen molar-refractivity contribution in [1.82, 2.24) is 5.32 Å². The van der Waals surface area contributed by atoms with Gasteiger partial charge in [-0.3, -0.25) is 4.79 Å². The van der Waals surface area contributed by atoms with Crippen LogP contribution in [0.3, 0.4) is 0 Å². The average Bonchev–Trinajstić information content (AvgIpc) is 3.07. The highest BCUT2D eigenvalue weighted by molar-refractivity contribution is 5.89. The molecule has 5 heteroatoms. The first-order chi connectivity index (χ1) is 8.90. The van der Waals surface area contributed by atoms with Crippen LogP contribution in [-0.4, -0.2) is 17.0 Å². The van der Waals surface area contributed by atoms with E-state index in [0.29, 0.717) is 0 Å². The van der Waals surface area contributed by atoms with Crippen molar-refractivity contribution in [3.63, 3.8) is 0 Å². The molecule has 2 aliphatic rings. The van der Waals surface area contributed by atoms with Gasteiger partial charge in [0.15, 0.2) is 0 Å². The van der Waals surface area contributed by atoms with Crippen LogP contribution in [0.15, 0.2) is 24.3 Å². The SMILES string of the molecule is CC1(C)CC(NC(=O)C2(N)CC2)c2ccccc2O1.Cl. The molecule has 0 spiro atoms. The van der Waals surface area contributed by atoms with Crippen LogP contribution < -0.4 is 15.8 Å². The van der Waals surface area contributed by atoms with E-state index in [1.54, 1.807) is 0 Å². The van der Waals surface area contributed by atoms with Gasteiger partial charge in [-0.15, -0.1) is 12.4 Å². The fourth-order valence-electron chi connectivity index (χ4n) is 2.59. The van der Waals surface area contributed by atoms with Crippen molar-refractivity contribution in [3.8, 4) is 5.75 Å². The Bertz CT molecular complexity index is 526. The first-order valence-electron chi connectivity index (χ1n) is 6.77. The summed E-state index contributed by atoms with van der Waals surface area (Å²) in [5.74, 6) is 0.816. The second kappa shape index (κ2) is 4.93. The maximum absolute atomic E-state index is 12.1. The van der Waals surface area contributed by atoms with Gasteiger partial charge in [0.25, 0.3) is 0 Å². The summed E-state index contributed by atoms with van der Waals surface area (Å²) in [7, 11) is 0. The minimum atomic E-state index is -0.628. The van der Waals surface area contributed by atoms with Crippen molar-refractivity contribution in [2.24, 2.45) is 5.73 Å². The maximum Gasteiger partial charge on any atom is 0.240 e. The summed E-state index contributed by atoms with van der Waals surface area (Å²) in [6.45, 7) is 4.08. The van der Waals surface area contributed by atoms with E-state index < -0.39 is 5.54 Å². The van der Waals surface area contributed by atoms with E-state index >= 15 is 0 Å². The standard InChI is InChI=1S/C15H20N2O2.ClH/c1-14(2)9-11(17-13(18)15(16)7-8-15)10-5-3-4-6-12(10)19-14;/h3-6,11H,7-9,16H2,1-2H3,(H,17,18);1H. The Balaban J connectivity index is 0.00000147. The van der Waals surface area contributed by atoms with Crippen molar-refractivity contribution >= 4 is 18.3 Å². The van der Waals surface area contributed by atoms with E-state index in [0.717, 1.165) is 30.6 Å². The molecule has 1 aliphatic heterocycles. The molecule has 1 aromatic rings. The molecular weight excluding hydrogens is 276 g/mol. The van der Waals surface area contributed by atoms with Gasteiger partial charge in [-0.1, -0.05) is 18.2 Å². The molecule has 1 aromatic carbocycles. The molecule has 1 unspecified atom stereocenters. The summed E-state index contributed by atoms with van der Waals surface area (Å²) in [5.41, 5.74) is 6.08. The Labute approximate surface area is 125 Å². The third-order valence-corrected chi connectivity index (χ3v) is 3.92. The number of rotatable bonds is 2. The van der Waals surface area contributed by atoms with E-state index in [2.05, 4.69) is 5.32 Å². The zero-order chi connectivity index (χ0) is 13.7. The third-order valence-electron chi connectivity index (χ3n) is 3.92. The van der Waals surface area contributed by atoms with Gasteiger partial charge in [-0.05, 0) is 32.8 Å². The quantitative estimate of drug-likeness (QED) is 0.880. The molecule has 4 nitrogen and oxygen atoms in total. The molecule has 1 aliphatic carbocycles. The molecule has 1 heterocycles. The van der Waals surface area contributed by atoms with Crippen LogP contribution in [0.1, 0.15) is 44.7 Å². The fraction of sp³-hybridized carbons (Fsp3) is 0.533. The summed E-state index contributed by atoms with van der Waals surface area (Å²) in [6, 6.07) is 7.85. The topological polar surface area (TPSA) is 64.4 Å². The summed E-state index contributed by atoms with van der Waals surface area (Å²) >= 11 is 0. The molecule has 1 amide bonds. The molecule has 0 saturated heterocycles. The number of amides is 1. The molecule has 0 radical (unpaired) electrons.